The number of nitro groups is 1. The number of nitro benzene ring substituents is 1. The van der Waals surface area contributed by atoms with Gasteiger partial charge in [0.1, 0.15) is 0 Å². The van der Waals surface area contributed by atoms with Gasteiger partial charge in [0, 0.05) is 23.7 Å². The number of rotatable bonds is 5. The lowest BCUT2D eigenvalue weighted by molar-refractivity contribution is -0.385. The fourth-order valence-electron chi connectivity index (χ4n) is 1.60. The van der Waals surface area contributed by atoms with Crippen LogP contribution >= 0.6 is 0 Å². The Hall–Kier alpha value is -2.17. The van der Waals surface area contributed by atoms with Crippen molar-refractivity contribution < 1.29 is 9.72 Å². The number of allylic oxidation sites excluding steroid dienone is 1. The Bertz CT molecular complexity index is 481. The zero-order valence-electron chi connectivity index (χ0n) is 10.5. The predicted molar refractivity (Wildman–Crippen MR) is 69.6 cm³/mol. The lowest BCUT2D eigenvalue weighted by Gasteiger charge is -2.06. The van der Waals surface area contributed by atoms with Gasteiger partial charge in [0.15, 0.2) is 0 Å². The Morgan fingerprint density at radius 1 is 1.50 bits per heavy atom. The maximum absolute atomic E-state index is 11.8. The van der Waals surface area contributed by atoms with E-state index in [1.54, 1.807) is 13.0 Å². The second-order valence-corrected chi connectivity index (χ2v) is 3.82. The van der Waals surface area contributed by atoms with Crippen LogP contribution in [0.3, 0.4) is 0 Å². The van der Waals surface area contributed by atoms with Crippen molar-refractivity contribution in [1.82, 2.24) is 5.32 Å². The van der Waals surface area contributed by atoms with Gasteiger partial charge in [0.25, 0.3) is 11.6 Å². The number of benzene rings is 1. The van der Waals surface area contributed by atoms with Crippen LogP contribution in [0.15, 0.2) is 30.4 Å². The Morgan fingerprint density at radius 2 is 2.22 bits per heavy atom. The van der Waals surface area contributed by atoms with Crippen LogP contribution in [-0.2, 0) is 0 Å². The van der Waals surface area contributed by atoms with Crippen molar-refractivity contribution in [3.63, 3.8) is 0 Å². The van der Waals surface area contributed by atoms with Crippen molar-refractivity contribution in [1.29, 1.82) is 0 Å². The molecular weight excluding hydrogens is 232 g/mol. The van der Waals surface area contributed by atoms with Crippen molar-refractivity contribution in [3.05, 3.63) is 51.6 Å². The van der Waals surface area contributed by atoms with Crippen LogP contribution in [0.5, 0.6) is 0 Å². The molecule has 1 rings (SSSR count). The molecule has 0 unspecified atom stereocenters. The number of nitrogens with zero attached hydrogens (tertiary/aromatic N) is 1. The van der Waals surface area contributed by atoms with E-state index < -0.39 is 4.92 Å². The molecule has 0 aliphatic rings. The molecule has 1 aromatic carbocycles. The molecule has 0 aliphatic heterocycles. The average Bonchev–Trinajstić information content (AvgIpc) is 2.34. The van der Waals surface area contributed by atoms with Gasteiger partial charge in [-0.15, -0.1) is 0 Å². The van der Waals surface area contributed by atoms with Crippen molar-refractivity contribution in [2.24, 2.45) is 0 Å². The fourth-order valence-corrected chi connectivity index (χ4v) is 1.60. The SMILES string of the molecule is C/C=C/CCNC(=O)c1cccc([N+](=O)[O-])c1C. The largest absolute Gasteiger partial charge is 0.352 e. The molecule has 1 N–H and O–H groups in total. The minimum absolute atomic E-state index is 0.0314. The van der Waals surface area contributed by atoms with E-state index in [2.05, 4.69) is 5.32 Å². The quantitative estimate of drug-likeness (QED) is 0.377. The van der Waals surface area contributed by atoms with E-state index in [0.717, 1.165) is 6.42 Å². The molecule has 0 fully saturated rings. The highest BCUT2D eigenvalue weighted by Gasteiger charge is 2.17. The van der Waals surface area contributed by atoms with Gasteiger partial charge < -0.3 is 5.32 Å². The van der Waals surface area contributed by atoms with Crippen LogP contribution in [0.1, 0.15) is 29.3 Å². The summed E-state index contributed by atoms with van der Waals surface area (Å²) in [6.07, 6.45) is 4.60. The molecular formula is C13H16N2O3. The van der Waals surface area contributed by atoms with Crippen molar-refractivity contribution >= 4 is 11.6 Å². The van der Waals surface area contributed by atoms with Gasteiger partial charge in [-0.1, -0.05) is 18.2 Å². The van der Waals surface area contributed by atoms with Gasteiger partial charge in [0.2, 0.25) is 0 Å². The Balaban J connectivity index is 2.80. The van der Waals surface area contributed by atoms with Crippen LogP contribution < -0.4 is 5.32 Å². The van der Waals surface area contributed by atoms with Crippen molar-refractivity contribution in [3.8, 4) is 0 Å². The standard InChI is InChI=1S/C13H16N2O3/c1-3-4-5-9-14-13(16)11-7-6-8-12(10(11)2)15(17)18/h3-4,6-8H,5,9H2,1-2H3,(H,14,16)/b4-3+. The number of hydrogen-bond acceptors (Lipinski definition) is 3. The van der Waals surface area contributed by atoms with Crippen LogP contribution in [0.4, 0.5) is 5.69 Å². The first-order chi connectivity index (χ1) is 8.57. The minimum atomic E-state index is -0.480. The lowest BCUT2D eigenvalue weighted by atomic mass is 10.1. The van der Waals surface area contributed by atoms with Crippen LogP contribution in [0.2, 0.25) is 0 Å². The maximum Gasteiger partial charge on any atom is 0.273 e. The molecule has 0 atom stereocenters. The van der Waals surface area contributed by atoms with E-state index in [4.69, 9.17) is 0 Å². The molecule has 1 aromatic rings. The van der Waals surface area contributed by atoms with Crippen LogP contribution in [-0.4, -0.2) is 17.4 Å². The number of hydrogen-bond donors (Lipinski definition) is 1. The molecule has 5 heteroatoms. The van der Waals surface area contributed by atoms with Crippen LogP contribution in [0, 0.1) is 17.0 Å². The fraction of sp³-hybridized carbons (Fsp3) is 0.308. The molecule has 0 radical (unpaired) electrons. The smallest absolute Gasteiger partial charge is 0.273 e. The maximum atomic E-state index is 11.8. The number of nitrogens with one attached hydrogen (secondary N) is 1. The summed E-state index contributed by atoms with van der Waals surface area (Å²) >= 11 is 0. The first kappa shape index (κ1) is 13.9. The molecule has 5 nitrogen and oxygen atoms in total. The minimum Gasteiger partial charge on any atom is -0.352 e. The molecule has 0 spiro atoms. The van der Waals surface area contributed by atoms with Crippen molar-refractivity contribution in [2.45, 2.75) is 20.3 Å². The monoisotopic (exact) mass is 248 g/mol. The molecule has 1 amide bonds. The summed E-state index contributed by atoms with van der Waals surface area (Å²) in [7, 11) is 0. The molecule has 18 heavy (non-hydrogen) atoms. The van der Waals surface area contributed by atoms with E-state index in [0.29, 0.717) is 17.7 Å². The number of amides is 1. The Morgan fingerprint density at radius 3 is 2.83 bits per heavy atom. The first-order valence-electron chi connectivity index (χ1n) is 5.71. The van der Waals surface area contributed by atoms with Crippen molar-refractivity contribution in [2.75, 3.05) is 6.54 Å². The highest BCUT2D eigenvalue weighted by atomic mass is 16.6. The van der Waals surface area contributed by atoms with E-state index in [9.17, 15) is 14.9 Å². The Labute approximate surface area is 106 Å². The molecule has 0 aliphatic carbocycles. The molecule has 0 bridgehead atoms. The summed E-state index contributed by atoms with van der Waals surface area (Å²) in [4.78, 5) is 22.1. The van der Waals surface area contributed by atoms with E-state index in [1.165, 1.54) is 12.1 Å². The van der Waals surface area contributed by atoms with Gasteiger partial charge in [-0.25, -0.2) is 0 Å². The second kappa shape index (κ2) is 6.54. The third-order valence-corrected chi connectivity index (χ3v) is 2.58. The zero-order chi connectivity index (χ0) is 13.5. The number of carbonyl (C=O) groups is 1. The summed E-state index contributed by atoms with van der Waals surface area (Å²) in [6, 6.07) is 4.51. The summed E-state index contributed by atoms with van der Waals surface area (Å²) in [6.45, 7) is 4.01. The molecule has 0 saturated heterocycles. The highest BCUT2D eigenvalue weighted by molar-refractivity contribution is 5.96. The third kappa shape index (κ3) is 3.41. The topological polar surface area (TPSA) is 72.2 Å². The second-order valence-electron chi connectivity index (χ2n) is 3.82. The summed E-state index contributed by atoms with van der Waals surface area (Å²) in [5.41, 5.74) is 0.715. The first-order valence-corrected chi connectivity index (χ1v) is 5.71. The average molecular weight is 248 g/mol. The zero-order valence-corrected chi connectivity index (χ0v) is 10.5. The lowest BCUT2D eigenvalue weighted by Crippen LogP contribution is -2.25. The summed E-state index contributed by atoms with van der Waals surface area (Å²) in [5, 5.41) is 13.5. The Kier molecular flexibility index (Phi) is 5.05. The molecule has 0 aromatic heterocycles. The number of carbonyl (C=O) groups excluding carboxylic acids is 1. The molecule has 0 heterocycles. The predicted octanol–water partition coefficient (Wildman–Crippen LogP) is 2.60. The van der Waals surface area contributed by atoms with Gasteiger partial charge in [0.05, 0.1) is 4.92 Å². The summed E-state index contributed by atoms with van der Waals surface area (Å²) in [5.74, 6) is -0.277. The van der Waals surface area contributed by atoms with E-state index in [1.807, 2.05) is 19.1 Å². The van der Waals surface area contributed by atoms with Gasteiger partial charge >= 0.3 is 0 Å². The van der Waals surface area contributed by atoms with Gasteiger partial charge in [-0.05, 0) is 26.3 Å². The van der Waals surface area contributed by atoms with E-state index >= 15 is 0 Å². The molecule has 0 saturated carbocycles. The van der Waals surface area contributed by atoms with Gasteiger partial charge in [-0.3, -0.25) is 14.9 Å². The molecule has 96 valence electrons. The van der Waals surface area contributed by atoms with Crippen LogP contribution in [0.25, 0.3) is 0 Å². The highest BCUT2D eigenvalue weighted by Crippen LogP contribution is 2.20. The summed E-state index contributed by atoms with van der Waals surface area (Å²) < 4.78 is 0. The third-order valence-electron chi connectivity index (χ3n) is 2.58. The van der Waals surface area contributed by atoms with Gasteiger partial charge in [-0.2, -0.15) is 0 Å². The normalized spacial score (nSPS) is 10.6. The van der Waals surface area contributed by atoms with E-state index in [-0.39, 0.29) is 11.6 Å².